The Labute approximate surface area is 134 Å². The molecule has 7 heteroatoms. The van der Waals surface area contributed by atoms with E-state index in [-0.39, 0.29) is 17.4 Å². The molecule has 0 saturated heterocycles. The summed E-state index contributed by atoms with van der Waals surface area (Å²) in [6.07, 6.45) is 2.19. The van der Waals surface area contributed by atoms with E-state index in [9.17, 15) is 9.18 Å². The number of carbonyl (C=O) groups is 1. The SMILES string of the molecule is CN(C)CCCNC(=O)c1cc(Nc2ccc(F)cc2)ncn1. The highest BCUT2D eigenvalue weighted by Crippen LogP contribution is 2.14. The zero-order valence-electron chi connectivity index (χ0n) is 13.2. The first-order valence-electron chi connectivity index (χ1n) is 7.32. The normalized spacial score (nSPS) is 10.6. The standard InChI is InChI=1S/C16H20FN5O/c1-22(2)9-3-8-18-16(23)14-10-15(20-11-19-14)21-13-6-4-12(17)5-7-13/h4-7,10-11H,3,8-9H2,1-2H3,(H,18,23)(H,19,20,21). The molecule has 1 aromatic carbocycles. The van der Waals surface area contributed by atoms with Crippen LogP contribution in [0.4, 0.5) is 15.9 Å². The van der Waals surface area contributed by atoms with Gasteiger partial charge >= 0.3 is 0 Å². The van der Waals surface area contributed by atoms with Crippen molar-refractivity contribution in [3.05, 3.63) is 48.2 Å². The second-order valence-electron chi connectivity index (χ2n) is 5.33. The number of aromatic nitrogens is 2. The number of hydrogen-bond acceptors (Lipinski definition) is 5. The van der Waals surface area contributed by atoms with Gasteiger partial charge in [0.2, 0.25) is 0 Å². The third-order valence-corrected chi connectivity index (χ3v) is 3.08. The molecule has 0 aliphatic rings. The van der Waals surface area contributed by atoms with E-state index < -0.39 is 0 Å². The largest absolute Gasteiger partial charge is 0.351 e. The summed E-state index contributed by atoms with van der Waals surface area (Å²) in [4.78, 5) is 22.1. The van der Waals surface area contributed by atoms with Crippen LogP contribution in [0.2, 0.25) is 0 Å². The Morgan fingerprint density at radius 2 is 1.96 bits per heavy atom. The maximum Gasteiger partial charge on any atom is 0.270 e. The fraction of sp³-hybridized carbons (Fsp3) is 0.312. The number of amides is 1. The van der Waals surface area contributed by atoms with Crippen molar-refractivity contribution >= 4 is 17.4 Å². The van der Waals surface area contributed by atoms with Crippen LogP contribution in [0.25, 0.3) is 0 Å². The molecule has 1 heterocycles. The average Bonchev–Trinajstić information content (AvgIpc) is 2.54. The first-order valence-corrected chi connectivity index (χ1v) is 7.32. The number of carbonyl (C=O) groups excluding carboxylic acids is 1. The Morgan fingerprint density at radius 1 is 1.22 bits per heavy atom. The van der Waals surface area contributed by atoms with Gasteiger partial charge in [-0.05, 0) is 51.3 Å². The molecule has 122 valence electrons. The lowest BCUT2D eigenvalue weighted by Crippen LogP contribution is -2.27. The highest BCUT2D eigenvalue weighted by molar-refractivity contribution is 5.92. The van der Waals surface area contributed by atoms with E-state index in [0.717, 1.165) is 13.0 Å². The molecule has 0 spiro atoms. The molecule has 0 bridgehead atoms. The minimum absolute atomic E-state index is 0.242. The second-order valence-corrected chi connectivity index (χ2v) is 5.33. The summed E-state index contributed by atoms with van der Waals surface area (Å²) in [5.41, 5.74) is 0.969. The molecular weight excluding hydrogens is 297 g/mol. The zero-order valence-corrected chi connectivity index (χ0v) is 13.2. The van der Waals surface area contributed by atoms with Crippen molar-refractivity contribution in [1.82, 2.24) is 20.2 Å². The molecule has 0 atom stereocenters. The number of rotatable bonds is 7. The summed E-state index contributed by atoms with van der Waals surface area (Å²) < 4.78 is 12.9. The van der Waals surface area contributed by atoms with Crippen molar-refractivity contribution in [2.24, 2.45) is 0 Å². The third-order valence-electron chi connectivity index (χ3n) is 3.08. The molecule has 6 nitrogen and oxygen atoms in total. The quantitative estimate of drug-likeness (QED) is 0.765. The lowest BCUT2D eigenvalue weighted by atomic mass is 10.3. The van der Waals surface area contributed by atoms with Gasteiger partial charge < -0.3 is 15.5 Å². The van der Waals surface area contributed by atoms with Gasteiger partial charge in [0.25, 0.3) is 5.91 Å². The molecular formula is C16H20FN5O. The molecule has 0 fully saturated rings. The van der Waals surface area contributed by atoms with Gasteiger partial charge in [-0.15, -0.1) is 0 Å². The summed E-state index contributed by atoms with van der Waals surface area (Å²) >= 11 is 0. The van der Waals surface area contributed by atoms with Crippen molar-refractivity contribution in [3.63, 3.8) is 0 Å². The maximum atomic E-state index is 12.9. The van der Waals surface area contributed by atoms with Crippen LogP contribution in [0.5, 0.6) is 0 Å². The van der Waals surface area contributed by atoms with Crippen molar-refractivity contribution in [3.8, 4) is 0 Å². The molecule has 2 N–H and O–H groups in total. The van der Waals surface area contributed by atoms with Crippen LogP contribution in [-0.4, -0.2) is 48.0 Å². The number of anilines is 2. The van der Waals surface area contributed by atoms with Crippen molar-refractivity contribution in [2.75, 3.05) is 32.5 Å². The van der Waals surface area contributed by atoms with Gasteiger partial charge in [-0.2, -0.15) is 0 Å². The van der Waals surface area contributed by atoms with Crippen molar-refractivity contribution in [1.29, 1.82) is 0 Å². The van der Waals surface area contributed by atoms with Crippen molar-refractivity contribution in [2.45, 2.75) is 6.42 Å². The van der Waals surface area contributed by atoms with Gasteiger partial charge in [0.15, 0.2) is 0 Å². The van der Waals surface area contributed by atoms with Gasteiger partial charge in [0.1, 0.15) is 23.7 Å². The maximum absolute atomic E-state index is 12.9. The second kappa shape index (κ2) is 8.19. The molecule has 1 aromatic heterocycles. The Hall–Kier alpha value is -2.54. The Kier molecular flexibility index (Phi) is 5.99. The van der Waals surface area contributed by atoms with Gasteiger partial charge in [-0.3, -0.25) is 4.79 Å². The number of nitrogens with zero attached hydrogens (tertiary/aromatic N) is 3. The van der Waals surface area contributed by atoms with E-state index in [1.807, 2.05) is 14.1 Å². The van der Waals surface area contributed by atoms with E-state index >= 15 is 0 Å². The minimum Gasteiger partial charge on any atom is -0.351 e. The number of benzene rings is 1. The summed E-state index contributed by atoms with van der Waals surface area (Å²) in [5.74, 6) is -0.0746. The summed E-state index contributed by atoms with van der Waals surface area (Å²) in [6, 6.07) is 7.45. The highest BCUT2D eigenvalue weighted by Gasteiger charge is 2.08. The van der Waals surface area contributed by atoms with Crippen LogP contribution in [0, 0.1) is 5.82 Å². The zero-order chi connectivity index (χ0) is 16.7. The fourth-order valence-corrected chi connectivity index (χ4v) is 1.92. The molecule has 0 aliphatic carbocycles. The summed E-state index contributed by atoms with van der Waals surface area (Å²) in [6.45, 7) is 1.49. The Morgan fingerprint density at radius 3 is 2.65 bits per heavy atom. The van der Waals surface area contributed by atoms with Crippen LogP contribution in [-0.2, 0) is 0 Å². The first kappa shape index (κ1) is 16.8. The molecule has 0 saturated carbocycles. The topological polar surface area (TPSA) is 70.2 Å². The molecule has 0 aliphatic heterocycles. The minimum atomic E-state index is -0.309. The van der Waals surface area contributed by atoms with Crippen LogP contribution < -0.4 is 10.6 Å². The Bertz CT molecular complexity index is 645. The first-order chi connectivity index (χ1) is 11.0. The lowest BCUT2D eigenvalue weighted by Gasteiger charge is -2.10. The van der Waals surface area contributed by atoms with E-state index in [0.29, 0.717) is 18.1 Å². The van der Waals surface area contributed by atoms with Gasteiger partial charge in [-0.1, -0.05) is 0 Å². The molecule has 1 amide bonds. The van der Waals surface area contributed by atoms with E-state index in [1.54, 1.807) is 18.2 Å². The molecule has 2 aromatic rings. The third kappa shape index (κ3) is 5.63. The predicted octanol–water partition coefficient (Wildman–Crippen LogP) is 2.04. The number of halogens is 1. The lowest BCUT2D eigenvalue weighted by molar-refractivity contribution is 0.0947. The van der Waals surface area contributed by atoms with Crippen molar-refractivity contribution < 1.29 is 9.18 Å². The average molecular weight is 317 g/mol. The predicted molar refractivity (Wildman–Crippen MR) is 87.2 cm³/mol. The number of nitrogens with one attached hydrogen (secondary N) is 2. The van der Waals surface area contributed by atoms with E-state index in [2.05, 4.69) is 25.5 Å². The highest BCUT2D eigenvalue weighted by atomic mass is 19.1. The molecule has 0 radical (unpaired) electrons. The van der Waals surface area contributed by atoms with Crippen LogP contribution in [0.15, 0.2) is 36.7 Å². The van der Waals surface area contributed by atoms with E-state index in [1.165, 1.54) is 18.5 Å². The molecule has 23 heavy (non-hydrogen) atoms. The van der Waals surface area contributed by atoms with Gasteiger partial charge in [0.05, 0.1) is 0 Å². The van der Waals surface area contributed by atoms with E-state index in [4.69, 9.17) is 0 Å². The Balaban J connectivity index is 1.93. The molecule has 2 rings (SSSR count). The smallest absolute Gasteiger partial charge is 0.270 e. The molecule has 0 unspecified atom stereocenters. The van der Waals surface area contributed by atoms with Gasteiger partial charge in [0, 0.05) is 18.3 Å². The summed E-state index contributed by atoms with van der Waals surface area (Å²) in [5, 5.41) is 5.82. The van der Waals surface area contributed by atoms with Crippen LogP contribution in [0.1, 0.15) is 16.9 Å². The van der Waals surface area contributed by atoms with Crippen LogP contribution in [0.3, 0.4) is 0 Å². The van der Waals surface area contributed by atoms with Crippen LogP contribution >= 0.6 is 0 Å². The van der Waals surface area contributed by atoms with Gasteiger partial charge in [-0.25, -0.2) is 14.4 Å². The number of hydrogen-bond donors (Lipinski definition) is 2. The fourth-order valence-electron chi connectivity index (χ4n) is 1.92. The summed E-state index contributed by atoms with van der Waals surface area (Å²) in [7, 11) is 3.97. The monoisotopic (exact) mass is 317 g/mol.